The predicted octanol–water partition coefficient (Wildman–Crippen LogP) is 3.03. The van der Waals surface area contributed by atoms with Gasteiger partial charge >= 0.3 is 0 Å². The third kappa shape index (κ3) is 6.53. The number of hydrogen-bond donors (Lipinski definition) is 2. The summed E-state index contributed by atoms with van der Waals surface area (Å²) in [4.78, 5) is 7.01. The van der Waals surface area contributed by atoms with Gasteiger partial charge in [-0.1, -0.05) is 0 Å². The van der Waals surface area contributed by atoms with E-state index in [2.05, 4.69) is 39.6 Å². The Balaban J connectivity index is 0.00000300. The van der Waals surface area contributed by atoms with Crippen molar-refractivity contribution >= 4 is 29.9 Å². The van der Waals surface area contributed by atoms with E-state index in [0.29, 0.717) is 6.54 Å². The number of nitrogens with one attached hydrogen (secondary N) is 2. The third-order valence-corrected chi connectivity index (χ3v) is 4.83. The van der Waals surface area contributed by atoms with Crippen LogP contribution in [-0.4, -0.2) is 51.3 Å². The summed E-state index contributed by atoms with van der Waals surface area (Å²) in [5.74, 6) is 3.26. The normalized spacial score (nSPS) is 14.0. The minimum absolute atomic E-state index is 0. The lowest BCUT2D eigenvalue weighted by Gasteiger charge is -2.29. The molecule has 8 heteroatoms. The van der Waals surface area contributed by atoms with Crippen LogP contribution in [-0.2, 0) is 19.5 Å². The van der Waals surface area contributed by atoms with Gasteiger partial charge in [-0.3, -0.25) is 4.90 Å². The Kier molecular flexibility index (Phi) is 9.59. The fraction of sp³-hybridized carbons (Fsp3) is 0.476. The molecule has 7 nitrogen and oxygen atoms in total. The number of aliphatic imine (C=N–C) groups is 1. The molecule has 0 amide bonds. The number of guanidine groups is 1. The van der Waals surface area contributed by atoms with Gasteiger partial charge < -0.3 is 24.5 Å². The van der Waals surface area contributed by atoms with E-state index in [0.717, 1.165) is 62.4 Å². The highest BCUT2D eigenvalue weighted by atomic mass is 127. The molecule has 0 unspecified atom stereocenters. The van der Waals surface area contributed by atoms with Crippen LogP contribution in [0, 0.1) is 0 Å². The molecule has 0 aliphatic carbocycles. The molecule has 2 N–H and O–H groups in total. The molecule has 160 valence electrons. The summed E-state index contributed by atoms with van der Waals surface area (Å²) in [6.45, 7) is 7.13. The summed E-state index contributed by atoms with van der Waals surface area (Å²) in [5.41, 5.74) is 2.65. The highest BCUT2D eigenvalue weighted by Gasteiger charge is 2.19. The molecule has 0 saturated heterocycles. The molecule has 1 aromatic heterocycles. The van der Waals surface area contributed by atoms with Gasteiger partial charge in [0.25, 0.3) is 0 Å². The van der Waals surface area contributed by atoms with Gasteiger partial charge in [-0.25, -0.2) is 4.99 Å². The molecule has 0 spiro atoms. The molecule has 1 aliphatic rings. The average molecular weight is 514 g/mol. The van der Waals surface area contributed by atoms with Gasteiger partial charge in [0.2, 0.25) is 0 Å². The summed E-state index contributed by atoms with van der Waals surface area (Å²) in [6, 6.07) is 8.02. The van der Waals surface area contributed by atoms with Crippen molar-refractivity contribution in [1.29, 1.82) is 0 Å². The zero-order chi connectivity index (χ0) is 19.8. The Morgan fingerprint density at radius 2 is 1.93 bits per heavy atom. The van der Waals surface area contributed by atoms with Crippen LogP contribution in [0.4, 0.5) is 0 Å². The van der Waals surface area contributed by atoms with E-state index in [1.165, 1.54) is 11.1 Å². The van der Waals surface area contributed by atoms with E-state index >= 15 is 0 Å². The maximum Gasteiger partial charge on any atom is 0.191 e. The van der Waals surface area contributed by atoms with Gasteiger partial charge in [-0.05, 0) is 48.7 Å². The molecule has 2 aromatic rings. The quantitative estimate of drug-likeness (QED) is 0.321. The average Bonchev–Trinajstić information content (AvgIpc) is 3.24. The fourth-order valence-electron chi connectivity index (χ4n) is 3.37. The van der Waals surface area contributed by atoms with Crippen LogP contribution in [0.2, 0.25) is 0 Å². The van der Waals surface area contributed by atoms with Crippen molar-refractivity contribution in [3.63, 3.8) is 0 Å². The third-order valence-electron chi connectivity index (χ3n) is 4.83. The Morgan fingerprint density at radius 3 is 2.59 bits per heavy atom. The lowest BCUT2D eigenvalue weighted by atomic mass is 9.99. The van der Waals surface area contributed by atoms with Gasteiger partial charge in [-0.2, -0.15) is 0 Å². The Labute approximate surface area is 189 Å². The van der Waals surface area contributed by atoms with Gasteiger partial charge in [0.05, 0.1) is 20.5 Å². The van der Waals surface area contributed by atoms with Gasteiger partial charge in [0.15, 0.2) is 17.5 Å². The molecule has 0 saturated carbocycles. The lowest BCUT2D eigenvalue weighted by Crippen LogP contribution is -2.42. The lowest BCUT2D eigenvalue weighted by molar-refractivity contribution is 0.256. The van der Waals surface area contributed by atoms with E-state index in [9.17, 15) is 0 Å². The van der Waals surface area contributed by atoms with Crippen molar-refractivity contribution in [2.45, 2.75) is 26.4 Å². The monoisotopic (exact) mass is 514 g/mol. The Bertz CT molecular complexity index is 780. The second kappa shape index (κ2) is 11.9. The van der Waals surface area contributed by atoms with Crippen LogP contribution >= 0.6 is 24.0 Å². The number of ether oxygens (including phenoxy) is 2. The van der Waals surface area contributed by atoms with Crippen molar-refractivity contribution in [2.24, 2.45) is 4.99 Å². The van der Waals surface area contributed by atoms with E-state index in [4.69, 9.17) is 13.9 Å². The number of fused-ring (bicyclic) bond motifs is 1. The zero-order valence-corrected chi connectivity index (χ0v) is 19.7. The Hall–Kier alpha value is -1.94. The van der Waals surface area contributed by atoms with Gasteiger partial charge in [-0.15, -0.1) is 24.0 Å². The van der Waals surface area contributed by atoms with Crippen LogP contribution in [0.15, 0.2) is 39.9 Å². The molecule has 0 radical (unpaired) electrons. The number of benzene rings is 1. The van der Waals surface area contributed by atoms with E-state index in [-0.39, 0.29) is 24.0 Å². The van der Waals surface area contributed by atoms with E-state index < -0.39 is 0 Å². The molecular weight excluding hydrogens is 483 g/mol. The number of rotatable bonds is 8. The molecular formula is C21H31IN4O3. The molecule has 0 atom stereocenters. The number of halogens is 1. The van der Waals surface area contributed by atoms with Crippen LogP contribution in [0.1, 0.15) is 23.8 Å². The van der Waals surface area contributed by atoms with Crippen molar-refractivity contribution in [2.75, 3.05) is 40.4 Å². The van der Waals surface area contributed by atoms with Gasteiger partial charge in [0.1, 0.15) is 12.3 Å². The van der Waals surface area contributed by atoms with Crippen LogP contribution < -0.4 is 20.1 Å². The fourth-order valence-corrected chi connectivity index (χ4v) is 3.37. The maximum atomic E-state index is 5.45. The topological polar surface area (TPSA) is 71.3 Å². The number of hydrogen-bond acceptors (Lipinski definition) is 5. The summed E-state index contributed by atoms with van der Waals surface area (Å²) in [6.07, 6.45) is 2.69. The van der Waals surface area contributed by atoms with E-state index in [1.807, 2.05) is 12.1 Å². The van der Waals surface area contributed by atoms with Crippen LogP contribution in [0.25, 0.3) is 0 Å². The van der Waals surface area contributed by atoms with Crippen molar-refractivity contribution in [3.8, 4) is 11.5 Å². The highest BCUT2D eigenvalue weighted by Crippen LogP contribution is 2.33. The highest BCUT2D eigenvalue weighted by molar-refractivity contribution is 14.0. The number of methoxy groups -OCH3 is 2. The largest absolute Gasteiger partial charge is 0.493 e. The van der Waals surface area contributed by atoms with Crippen LogP contribution in [0.5, 0.6) is 11.5 Å². The molecule has 29 heavy (non-hydrogen) atoms. The smallest absolute Gasteiger partial charge is 0.191 e. The predicted molar refractivity (Wildman–Crippen MR) is 125 cm³/mol. The van der Waals surface area contributed by atoms with Crippen molar-refractivity contribution in [1.82, 2.24) is 15.5 Å². The first kappa shape index (κ1) is 23.3. The second-order valence-electron chi connectivity index (χ2n) is 6.70. The summed E-state index contributed by atoms with van der Waals surface area (Å²) >= 11 is 0. The van der Waals surface area contributed by atoms with Crippen molar-refractivity contribution in [3.05, 3.63) is 47.4 Å². The summed E-state index contributed by atoms with van der Waals surface area (Å²) in [7, 11) is 3.36. The first-order chi connectivity index (χ1) is 13.7. The van der Waals surface area contributed by atoms with Crippen molar-refractivity contribution < 1.29 is 13.9 Å². The summed E-state index contributed by atoms with van der Waals surface area (Å²) in [5, 5.41) is 6.68. The minimum atomic E-state index is 0. The number of nitrogens with zero attached hydrogens (tertiary/aromatic N) is 2. The SMILES string of the molecule is CCNC(=NCc1ccco1)NCCN1CCc2cc(OC)c(OC)cc2C1.I. The Morgan fingerprint density at radius 1 is 1.17 bits per heavy atom. The minimum Gasteiger partial charge on any atom is -0.493 e. The zero-order valence-electron chi connectivity index (χ0n) is 17.4. The maximum absolute atomic E-state index is 5.45. The molecule has 0 bridgehead atoms. The van der Waals surface area contributed by atoms with Gasteiger partial charge in [0, 0.05) is 32.7 Å². The van der Waals surface area contributed by atoms with Crippen LogP contribution in [0.3, 0.4) is 0 Å². The molecule has 0 fully saturated rings. The molecule has 1 aliphatic heterocycles. The first-order valence-corrected chi connectivity index (χ1v) is 9.74. The number of furan rings is 1. The molecule has 2 heterocycles. The molecule has 3 rings (SSSR count). The first-order valence-electron chi connectivity index (χ1n) is 9.74. The van der Waals surface area contributed by atoms with E-state index in [1.54, 1.807) is 20.5 Å². The molecule has 1 aromatic carbocycles. The summed E-state index contributed by atoms with van der Waals surface area (Å²) < 4.78 is 16.2. The standard InChI is InChI=1S/C21H30N4O3.HI/c1-4-22-21(24-14-18-6-5-11-28-18)23-8-10-25-9-7-16-12-19(26-2)20(27-3)13-17(16)15-25;/h5-6,11-13H,4,7-10,14-15H2,1-3H3,(H2,22,23,24);1H. The second-order valence-corrected chi connectivity index (χ2v) is 6.70.